The first-order chi connectivity index (χ1) is 10.8. The zero-order valence-corrected chi connectivity index (χ0v) is 13.5. The molecule has 1 aromatic rings. The lowest BCUT2D eigenvalue weighted by Crippen LogP contribution is -2.47. The number of benzene rings is 1. The lowest BCUT2D eigenvalue weighted by Gasteiger charge is -2.33. The molecule has 1 saturated heterocycles. The van der Waals surface area contributed by atoms with E-state index >= 15 is 0 Å². The summed E-state index contributed by atoms with van der Waals surface area (Å²) in [6.07, 6.45) is -2.59. The molecule has 0 atom stereocenters. The van der Waals surface area contributed by atoms with Gasteiger partial charge in [0, 0.05) is 25.2 Å². The van der Waals surface area contributed by atoms with Gasteiger partial charge in [-0.15, -0.1) is 0 Å². The zero-order valence-electron chi connectivity index (χ0n) is 13.5. The van der Waals surface area contributed by atoms with E-state index in [1.807, 2.05) is 0 Å². The molecule has 1 aromatic carbocycles. The summed E-state index contributed by atoms with van der Waals surface area (Å²) >= 11 is 0. The largest absolute Gasteiger partial charge is 0.416 e. The average molecular weight is 328 g/mol. The zero-order chi connectivity index (χ0) is 17.0. The molecule has 0 spiro atoms. The Balaban J connectivity index is 1.91. The Labute approximate surface area is 134 Å². The van der Waals surface area contributed by atoms with Gasteiger partial charge in [-0.2, -0.15) is 13.2 Å². The predicted molar refractivity (Wildman–Crippen MR) is 83.0 cm³/mol. The molecular formula is C17H23F3N2O. The van der Waals surface area contributed by atoms with Gasteiger partial charge in [0.15, 0.2) is 0 Å². The van der Waals surface area contributed by atoms with Crippen molar-refractivity contribution in [3.05, 3.63) is 35.4 Å². The molecule has 1 heterocycles. The molecule has 1 aliphatic heterocycles. The fourth-order valence-electron chi connectivity index (χ4n) is 2.91. The van der Waals surface area contributed by atoms with Crippen LogP contribution in [0, 0.1) is 0 Å². The number of carbonyl (C=O) groups excluding carboxylic acids is 1. The molecule has 0 aliphatic carbocycles. The third-order valence-electron chi connectivity index (χ3n) is 4.03. The maximum atomic E-state index is 12.7. The molecule has 2 rings (SSSR count). The monoisotopic (exact) mass is 328 g/mol. The highest BCUT2D eigenvalue weighted by atomic mass is 19.4. The van der Waals surface area contributed by atoms with Crippen LogP contribution >= 0.6 is 0 Å². The van der Waals surface area contributed by atoms with Crippen LogP contribution < -0.4 is 5.32 Å². The molecule has 1 amide bonds. The number of nitrogens with one attached hydrogen (secondary N) is 1. The number of hydrogen-bond donors (Lipinski definition) is 1. The van der Waals surface area contributed by atoms with Crippen molar-refractivity contribution >= 4 is 5.91 Å². The number of rotatable bonds is 4. The smallest absolute Gasteiger partial charge is 0.342 e. The number of hydrogen-bond acceptors (Lipinski definition) is 2. The Hall–Kier alpha value is -1.56. The van der Waals surface area contributed by atoms with Crippen LogP contribution in [0.4, 0.5) is 13.2 Å². The fourth-order valence-corrected chi connectivity index (χ4v) is 2.91. The third kappa shape index (κ3) is 5.23. The van der Waals surface area contributed by atoms with Crippen molar-refractivity contribution in [2.45, 2.75) is 51.4 Å². The molecule has 128 valence electrons. The van der Waals surface area contributed by atoms with Gasteiger partial charge in [-0.3, -0.25) is 4.79 Å². The Bertz CT molecular complexity index is 535. The quantitative estimate of drug-likeness (QED) is 0.920. The SMILES string of the molecule is CC(C)NC1CCN(C(=O)Cc2cccc(C(F)(F)F)c2)CC1. The van der Waals surface area contributed by atoms with Gasteiger partial charge in [0.1, 0.15) is 0 Å². The Morgan fingerprint density at radius 3 is 2.52 bits per heavy atom. The molecule has 23 heavy (non-hydrogen) atoms. The Morgan fingerprint density at radius 2 is 1.96 bits per heavy atom. The van der Waals surface area contributed by atoms with Crippen LogP contribution in [0.25, 0.3) is 0 Å². The van der Waals surface area contributed by atoms with Gasteiger partial charge in [0.05, 0.1) is 12.0 Å². The standard InChI is InChI=1S/C17H23F3N2O/c1-12(2)21-15-6-8-22(9-7-15)16(23)11-13-4-3-5-14(10-13)17(18,19)20/h3-5,10,12,15,21H,6-9,11H2,1-2H3. The summed E-state index contributed by atoms with van der Waals surface area (Å²) in [5, 5.41) is 3.45. The summed E-state index contributed by atoms with van der Waals surface area (Å²) in [5.41, 5.74) is -0.296. The van der Waals surface area contributed by atoms with E-state index in [0.717, 1.165) is 25.0 Å². The van der Waals surface area contributed by atoms with Crippen molar-refractivity contribution in [2.75, 3.05) is 13.1 Å². The maximum Gasteiger partial charge on any atom is 0.416 e. The lowest BCUT2D eigenvalue weighted by atomic mass is 10.0. The fraction of sp³-hybridized carbons (Fsp3) is 0.588. The number of halogens is 3. The van der Waals surface area contributed by atoms with Crippen molar-refractivity contribution in [1.29, 1.82) is 0 Å². The van der Waals surface area contributed by atoms with Gasteiger partial charge >= 0.3 is 6.18 Å². The van der Waals surface area contributed by atoms with Crippen LogP contribution in [0.15, 0.2) is 24.3 Å². The Morgan fingerprint density at radius 1 is 1.30 bits per heavy atom. The van der Waals surface area contributed by atoms with Crippen molar-refractivity contribution < 1.29 is 18.0 Å². The van der Waals surface area contributed by atoms with E-state index in [1.165, 1.54) is 6.07 Å². The molecule has 0 radical (unpaired) electrons. The Kier molecular flexibility index (Phi) is 5.68. The van der Waals surface area contributed by atoms with E-state index in [9.17, 15) is 18.0 Å². The van der Waals surface area contributed by atoms with E-state index in [-0.39, 0.29) is 12.3 Å². The summed E-state index contributed by atoms with van der Waals surface area (Å²) in [6, 6.07) is 5.83. The number of nitrogens with zero attached hydrogens (tertiary/aromatic N) is 1. The van der Waals surface area contributed by atoms with Crippen LogP contribution in [-0.4, -0.2) is 36.0 Å². The molecule has 3 nitrogen and oxygen atoms in total. The predicted octanol–water partition coefficient (Wildman–Crippen LogP) is 3.24. The number of alkyl halides is 3. The van der Waals surface area contributed by atoms with E-state index in [4.69, 9.17) is 0 Å². The minimum atomic E-state index is -4.38. The van der Waals surface area contributed by atoms with E-state index in [2.05, 4.69) is 19.2 Å². The molecule has 1 aliphatic rings. The minimum absolute atomic E-state index is 0.0200. The van der Waals surface area contributed by atoms with Crippen LogP contribution in [0.1, 0.15) is 37.8 Å². The number of carbonyl (C=O) groups is 1. The normalized spacial score (nSPS) is 16.9. The molecule has 0 bridgehead atoms. The van der Waals surface area contributed by atoms with Gasteiger partial charge < -0.3 is 10.2 Å². The first kappa shape index (κ1) is 17.8. The molecule has 1 N–H and O–H groups in total. The second-order valence-electron chi connectivity index (χ2n) is 6.35. The molecule has 0 aromatic heterocycles. The van der Waals surface area contributed by atoms with Gasteiger partial charge in [0.2, 0.25) is 5.91 Å². The molecule has 0 unspecified atom stereocenters. The molecular weight excluding hydrogens is 305 g/mol. The van der Waals surface area contributed by atoms with Crippen LogP contribution in [-0.2, 0) is 17.4 Å². The van der Waals surface area contributed by atoms with Gasteiger partial charge in [-0.1, -0.05) is 32.0 Å². The highest BCUT2D eigenvalue weighted by Gasteiger charge is 2.30. The van der Waals surface area contributed by atoms with Gasteiger partial charge in [0.25, 0.3) is 0 Å². The topological polar surface area (TPSA) is 32.3 Å². The van der Waals surface area contributed by atoms with Crippen molar-refractivity contribution in [3.63, 3.8) is 0 Å². The first-order valence-corrected chi connectivity index (χ1v) is 7.95. The summed E-state index contributed by atoms with van der Waals surface area (Å²) in [4.78, 5) is 14.0. The highest BCUT2D eigenvalue weighted by molar-refractivity contribution is 5.79. The molecule has 6 heteroatoms. The van der Waals surface area contributed by atoms with E-state index in [0.29, 0.717) is 30.7 Å². The molecule has 1 fully saturated rings. The van der Waals surface area contributed by atoms with Crippen molar-refractivity contribution in [2.24, 2.45) is 0 Å². The summed E-state index contributed by atoms with van der Waals surface area (Å²) in [7, 11) is 0. The van der Waals surface area contributed by atoms with Gasteiger partial charge in [-0.05, 0) is 24.5 Å². The number of likely N-dealkylation sites (tertiary alicyclic amines) is 1. The summed E-state index contributed by atoms with van der Waals surface area (Å²) in [5.74, 6) is -0.104. The molecule has 0 saturated carbocycles. The first-order valence-electron chi connectivity index (χ1n) is 7.95. The second-order valence-corrected chi connectivity index (χ2v) is 6.35. The van der Waals surface area contributed by atoms with Crippen LogP contribution in [0.5, 0.6) is 0 Å². The summed E-state index contributed by atoms with van der Waals surface area (Å²) < 4.78 is 38.1. The second kappa shape index (κ2) is 7.34. The summed E-state index contributed by atoms with van der Waals surface area (Å²) in [6.45, 7) is 5.49. The lowest BCUT2D eigenvalue weighted by molar-refractivity contribution is -0.138. The number of amides is 1. The van der Waals surface area contributed by atoms with Crippen LogP contribution in [0.2, 0.25) is 0 Å². The highest BCUT2D eigenvalue weighted by Crippen LogP contribution is 2.29. The minimum Gasteiger partial charge on any atom is -0.342 e. The van der Waals surface area contributed by atoms with E-state index < -0.39 is 11.7 Å². The maximum absolute atomic E-state index is 12.7. The third-order valence-corrected chi connectivity index (χ3v) is 4.03. The van der Waals surface area contributed by atoms with Crippen molar-refractivity contribution in [1.82, 2.24) is 10.2 Å². The van der Waals surface area contributed by atoms with Gasteiger partial charge in [-0.25, -0.2) is 0 Å². The number of piperidine rings is 1. The average Bonchev–Trinajstić information content (AvgIpc) is 2.46. The van der Waals surface area contributed by atoms with E-state index in [1.54, 1.807) is 11.0 Å². The van der Waals surface area contributed by atoms with Crippen molar-refractivity contribution in [3.8, 4) is 0 Å². The van der Waals surface area contributed by atoms with Crippen LogP contribution in [0.3, 0.4) is 0 Å².